The number of hydrogen-bond donors (Lipinski definition) is 2. The highest BCUT2D eigenvalue weighted by Crippen LogP contribution is 2.17. The SMILES string of the molecule is C=CCNC(=O)C(=O)N/N=C\c1ccccc1OCc1cccc(F)c1. The number of hydrogen-bond acceptors (Lipinski definition) is 4. The molecule has 2 N–H and O–H groups in total. The van der Waals surface area contributed by atoms with Gasteiger partial charge in [-0.2, -0.15) is 5.10 Å². The molecule has 0 aliphatic carbocycles. The van der Waals surface area contributed by atoms with E-state index in [1.54, 1.807) is 36.4 Å². The van der Waals surface area contributed by atoms with Crippen LogP contribution in [0.15, 0.2) is 66.3 Å². The summed E-state index contributed by atoms with van der Waals surface area (Å²) in [5.41, 5.74) is 3.40. The van der Waals surface area contributed by atoms with Crippen LogP contribution in [0.2, 0.25) is 0 Å². The highest BCUT2D eigenvalue weighted by atomic mass is 19.1. The van der Waals surface area contributed by atoms with Crippen LogP contribution in [0.5, 0.6) is 5.75 Å². The molecule has 0 fully saturated rings. The minimum absolute atomic E-state index is 0.179. The Morgan fingerprint density at radius 3 is 2.73 bits per heavy atom. The molecule has 2 aromatic rings. The first-order chi connectivity index (χ1) is 12.6. The summed E-state index contributed by atoms with van der Waals surface area (Å²) in [5, 5.41) is 6.09. The second kappa shape index (κ2) is 9.73. The lowest BCUT2D eigenvalue weighted by Crippen LogP contribution is -2.37. The number of carbonyl (C=O) groups is 2. The van der Waals surface area contributed by atoms with E-state index in [4.69, 9.17) is 4.74 Å². The minimum Gasteiger partial charge on any atom is -0.488 e. The van der Waals surface area contributed by atoms with Crippen molar-refractivity contribution in [2.24, 2.45) is 5.10 Å². The molecule has 2 aromatic carbocycles. The first-order valence-electron chi connectivity index (χ1n) is 7.78. The van der Waals surface area contributed by atoms with Crippen molar-refractivity contribution >= 4 is 18.0 Å². The molecule has 0 saturated carbocycles. The number of ether oxygens (including phenoxy) is 1. The Hall–Kier alpha value is -3.48. The second-order valence-corrected chi connectivity index (χ2v) is 5.15. The predicted octanol–water partition coefficient (Wildman–Crippen LogP) is 2.16. The van der Waals surface area contributed by atoms with Gasteiger partial charge in [-0.3, -0.25) is 9.59 Å². The summed E-state index contributed by atoms with van der Waals surface area (Å²) in [7, 11) is 0. The Balaban J connectivity index is 1.96. The van der Waals surface area contributed by atoms with Crippen molar-refractivity contribution in [1.82, 2.24) is 10.7 Å². The van der Waals surface area contributed by atoms with Gasteiger partial charge < -0.3 is 10.1 Å². The van der Waals surface area contributed by atoms with E-state index in [0.717, 1.165) is 0 Å². The maximum atomic E-state index is 13.2. The van der Waals surface area contributed by atoms with Crippen LogP contribution in [-0.4, -0.2) is 24.6 Å². The molecule has 0 radical (unpaired) electrons. The average Bonchev–Trinajstić information content (AvgIpc) is 2.65. The van der Waals surface area contributed by atoms with Crippen LogP contribution in [0.1, 0.15) is 11.1 Å². The van der Waals surface area contributed by atoms with Crippen LogP contribution in [0.25, 0.3) is 0 Å². The normalized spacial score (nSPS) is 10.3. The van der Waals surface area contributed by atoms with Crippen molar-refractivity contribution < 1.29 is 18.7 Å². The first kappa shape index (κ1) is 18.9. The van der Waals surface area contributed by atoms with E-state index < -0.39 is 11.8 Å². The molecule has 0 atom stereocenters. The molecule has 0 unspecified atom stereocenters. The number of para-hydroxylation sites is 1. The quantitative estimate of drug-likeness (QED) is 0.346. The number of hydrazone groups is 1. The molecular weight excluding hydrogens is 337 g/mol. The number of halogens is 1. The molecule has 2 amide bonds. The molecule has 0 bridgehead atoms. The van der Waals surface area contributed by atoms with Crippen molar-refractivity contribution in [3.05, 3.63) is 78.1 Å². The van der Waals surface area contributed by atoms with Crippen molar-refractivity contribution in [3.8, 4) is 5.75 Å². The van der Waals surface area contributed by atoms with Crippen LogP contribution in [0.3, 0.4) is 0 Å². The Kier molecular flexibility index (Phi) is 7.05. The van der Waals surface area contributed by atoms with Crippen LogP contribution in [-0.2, 0) is 16.2 Å². The molecule has 134 valence electrons. The minimum atomic E-state index is -0.888. The average molecular weight is 355 g/mol. The number of rotatable bonds is 7. The van der Waals surface area contributed by atoms with Gasteiger partial charge in [-0.05, 0) is 29.8 Å². The molecule has 0 aromatic heterocycles. The van der Waals surface area contributed by atoms with Gasteiger partial charge in [0.05, 0.1) is 6.21 Å². The molecule has 0 spiro atoms. The number of benzene rings is 2. The molecule has 26 heavy (non-hydrogen) atoms. The van der Waals surface area contributed by atoms with Crippen molar-refractivity contribution in [1.29, 1.82) is 0 Å². The maximum Gasteiger partial charge on any atom is 0.329 e. The fourth-order valence-electron chi connectivity index (χ4n) is 1.96. The van der Waals surface area contributed by atoms with Crippen molar-refractivity contribution in [2.45, 2.75) is 6.61 Å². The zero-order valence-corrected chi connectivity index (χ0v) is 13.9. The topological polar surface area (TPSA) is 79.8 Å². The zero-order valence-electron chi connectivity index (χ0n) is 13.9. The van der Waals surface area contributed by atoms with Gasteiger partial charge in [0.1, 0.15) is 18.2 Å². The predicted molar refractivity (Wildman–Crippen MR) is 96.1 cm³/mol. The summed E-state index contributed by atoms with van der Waals surface area (Å²) < 4.78 is 18.9. The summed E-state index contributed by atoms with van der Waals surface area (Å²) in [5.74, 6) is -1.52. The maximum absolute atomic E-state index is 13.2. The van der Waals surface area contributed by atoms with Gasteiger partial charge in [-0.25, -0.2) is 9.82 Å². The van der Waals surface area contributed by atoms with Crippen molar-refractivity contribution in [2.75, 3.05) is 6.54 Å². The lowest BCUT2D eigenvalue weighted by atomic mass is 10.2. The molecule has 0 aliphatic rings. The van der Waals surface area contributed by atoms with Gasteiger partial charge in [0.25, 0.3) is 0 Å². The fourth-order valence-corrected chi connectivity index (χ4v) is 1.96. The summed E-state index contributed by atoms with van der Waals surface area (Å²) >= 11 is 0. The Bertz CT molecular complexity index is 821. The Morgan fingerprint density at radius 1 is 1.15 bits per heavy atom. The van der Waals surface area contributed by atoms with Gasteiger partial charge in [0.15, 0.2) is 0 Å². The summed E-state index contributed by atoms with van der Waals surface area (Å²) in [6, 6.07) is 13.1. The molecule has 0 saturated heterocycles. The lowest BCUT2D eigenvalue weighted by Gasteiger charge is -2.09. The Morgan fingerprint density at radius 2 is 1.96 bits per heavy atom. The van der Waals surface area contributed by atoms with Gasteiger partial charge in [0, 0.05) is 12.1 Å². The van der Waals surface area contributed by atoms with Crippen LogP contribution in [0.4, 0.5) is 4.39 Å². The number of carbonyl (C=O) groups excluding carboxylic acids is 2. The number of nitrogens with one attached hydrogen (secondary N) is 2. The molecule has 0 heterocycles. The number of nitrogens with zero attached hydrogens (tertiary/aromatic N) is 1. The van der Waals surface area contributed by atoms with E-state index in [0.29, 0.717) is 16.9 Å². The smallest absolute Gasteiger partial charge is 0.329 e. The van der Waals surface area contributed by atoms with Crippen molar-refractivity contribution in [3.63, 3.8) is 0 Å². The largest absolute Gasteiger partial charge is 0.488 e. The van der Waals surface area contributed by atoms with E-state index in [1.165, 1.54) is 24.4 Å². The second-order valence-electron chi connectivity index (χ2n) is 5.15. The third-order valence-electron chi connectivity index (χ3n) is 3.19. The van der Waals surface area contributed by atoms with E-state index in [1.807, 2.05) is 0 Å². The third-order valence-corrected chi connectivity index (χ3v) is 3.19. The van der Waals surface area contributed by atoms with E-state index in [2.05, 4.69) is 22.4 Å². The van der Waals surface area contributed by atoms with E-state index >= 15 is 0 Å². The zero-order chi connectivity index (χ0) is 18.8. The molecule has 7 heteroatoms. The number of amides is 2. The molecule has 6 nitrogen and oxygen atoms in total. The van der Waals surface area contributed by atoms with Gasteiger partial charge >= 0.3 is 11.8 Å². The first-order valence-corrected chi connectivity index (χ1v) is 7.78. The molecular formula is C19H18FN3O3. The molecule has 0 aliphatic heterocycles. The van der Waals surface area contributed by atoms with E-state index in [-0.39, 0.29) is 19.0 Å². The van der Waals surface area contributed by atoms with Crippen LogP contribution >= 0.6 is 0 Å². The monoisotopic (exact) mass is 355 g/mol. The Labute approximate surface area is 150 Å². The summed E-state index contributed by atoms with van der Waals surface area (Å²) in [4.78, 5) is 22.9. The standard InChI is InChI=1S/C19H18FN3O3/c1-2-10-21-18(24)19(25)23-22-12-15-7-3-4-9-17(15)26-13-14-6-5-8-16(20)11-14/h2-9,11-12H,1,10,13H2,(H,21,24)(H,23,25)/b22-12-. The lowest BCUT2D eigenvalue weighted by molar-refractivity contribution is -0.139. The summed E-state index contributed by atoms with van der Waals surface area (Å²) in [6.07, 6.45) is 2.82. The van der Waals surface area contributed by atoms with Crippen LogP contribution < -0.4 is 15.5 Å². The highest BCUT2D eigenvalue weighted by molar-refractivity contribution is 6.35. The highest BCUT2D eigenvalue weighted by Gasteiger charge is 2.10. The fraction of sp³-hybridized carbons (Fsp3) is 0.105. The third kappa shape index (κ3) is 5.86. The van der Waals surface area contributed by atoms with Gasteiger partial charge in [0.2, 0.25) is 0 Å². The van der Waals surface area contributed by atoms with Gasteiger partial charge in [-0.1, -0.05) is 30.3 Å². The van der Waals surface area contributed by atoms with E-state index in [9.17, 15) is 14.0 Å². The molecule has 2 rings (SSSR count). The summed E-state index contributed by atoms with van der Waals surface area (Å²) in [6.45, 7) is 3.80. The van der Waals surface area contributed by atoms with Gasteiger partial charge in [-0.15, -0.1) is 6.58 Å². The van der Waals surface area contributed by atoms with Crippen LogP contribution in [0, 0.1) is 5.82 Å².